The Balaban J connectivity index is 1.47. The fourth-order valence-electron chi connectivity index (χ4n) is 2.87. The van der Waals surface area contributed by atoms with Crippen LogP contribution in [0.15, 0.2) is 41.2 Å². The van der Waals surface area contributed by atoms with E-state index in [0.29, 0.717) is 34.4 Å². The topological polar surface area (TPSA) is 125 Å². The summed E-state index contributed by atoms with van der Waals surface area (Å²) in [5.74, 6) is 1.36. The lowest BCUT2D eigenvalue weighted by Crippen LogP contribution is -2.19. The Kier molecular flexibility index (Phi) is 4.42. The Morgan fingerprint density at radius 2 is 2.03 bits per heavy atom. The summed E-state index contributed by atoms with van der Waals surface area (Å²) in [7, 11) is 0. The molecule has 9 nitrogen and oxygen atoms in total. The molecule has 1 aliphatic rings. The first kappa shape index (κ1) is 18.5. The molecule has 0 unspecified atom stereocenters. The van der Waals surface area contributed by atoms with E-state index >= 15 is 0 Å². The SMILES string of the molecule is CC(C)(C)c1cc(NC(=O)Nc2ccc3c(c2)NC(=O)C3=Cc2ncc[nH]2)no1. The number of fused-ring (bicyclic) bond motifs is 1. The molecule has 0 radical (unpaired) electrons. The number of amides is 3. The average molecular weight is 392 g/mol. The fraction of sp³-hybridized carbons (Fsp3) is 0.200. The van der Waals surface area contributed by atoms with Gasteiger partial charge in [0.15, 0.2) is 5.82 Å². The average Bonchev–Trinajstić information content (AvgIpc) is 3.36. The van der Waals surface area contributed by atoms with E-state index in [0.717, 1.165) is 5.56 Å². The van der Waals surface area contributed by atoms with Crippen LogP contribution in [-0.4, -0.2) is 27.1 Å². The minimum absolute atomic E-state index is 0.206. The van der Waals surface area contributed by atoms with Gasteiger partial charge in [0, 0.05) is 35.1 Å². The van der Waals surface area contributed by atoms with Crippen LogP contribution < -0.4 is 16.0 Å². The Morgan fingerprint density at radius 3 is 2.72 bits per heavy atom. The molecule has 3 heterocycles. The highest BCUT2D eigenvalue weighted by molar-refractivity contribution is 6.35. The number of benzene rings is 1. The van der Waals surface area contributed by atoms with Crippen molar-refractivity contribution in [3.8, 4) is 0 Å². The number of nitrogens with zero attached hydrogens (tertiary/aromatic N) is 2. The molecule has 4 N–H and O–H groups in total. The van der Waals surface area contributed by atoms with E-state index in [1.807, 2.05) is 20.8 Å². The maximum absolute atomic E-state index is 12.3. The van der Waals surface area contributed by atoms with Crippen LogP contribution >= 0.6 is 0 Å². The van der Waals surface area contributed by atoms with Crippen molar-refractivity contribution in [3.63, 3.8) is 0 Å². The molecule has 0 saturated heterocycles. The highest BCUT2D eigenvalue weighted by Crippen LogP contribution is 2.34. The van der Waals surface area contributed by atoms with Gasteiger partial charge in [-0.1, -0.05) is 32.0 Å². The predicted molar refractivity (Wildman–Crippen MR) is 109 cm³/mol. The summed E-state index contributed by atoms with van der Waals surface area (Å²) in [4.78, 5) is 31.6. The van der Waals surface area contributed by atoms with E-state index in [4.69, 9.17) is 4.52 Å². The fourth-order valence-corrected chi connectivity index (χ4v) is 2.87. The van der Waals surface area contributed by atoms with Gasteiger partial charge in [-0.2, -0.15) is 0 Å². The summed E-state index contributed by atoms with van der Waals surface area (Å²) < 4.78 is 5.25. The number of rotatable bonds is 3. The third-order valence-electron chi connectivity index (χ3n) is 4.35. The first-order chi connectivity index (χ1) is 13.8. The van der Waals surface area contributed by atoms with E-state index in [-0.39, 0.29) is 11.3 Å². The molecule has 0 bridgehead atoms. The van der Waals surface area contributed by atoms with Gasteiger partial charge in [0.2, 0.25) is 0 Å². The zero-order chi connectivity index (χ0) is 20.6. The molecule has 148 valence electrons. The van der Waals surface area contributed by atoms with Crippen LogP contribution in [-0.2, 0) is 10.2 Å². The highest BCUT2D eigenvalue weighted by atomic mass is 16.5. The molecule has 0 spiro atoms. The van der Waals surface area contributed by atoms with Crippen molar-refractivity contribution in [3.05, 3.63) is 53.8 Å². The lowest BCUT2D eigenvalue weighted by atomic mass is 9.93. The van der Waals surface area contributed by atoms with Crippen molar-refractivity contribution in [1.82, 2.24) is 15.1 Å². The van der Waals surface area contributed by atoms with Crippen LogP contribution in [0.25, 0.3) is 11.6 Å². The molecule has 2 aromatic heterocycles. The van der Waals surface area contributed by atoms with Crippen LogP contribution in [0, 0.1) is 0 Å². The highest BCUT2D eigenvalue weighted by Gasteiger charge is 2.25. The second-order valence-electron chi connectivity index (χ2n) is 7.65. The van der Waals surface area contributed by atoms with Gasteiger partial charge in [0.05, 0.1) is 11.3 Å². The van der Waals surface area contributed by atoms with Gasteiger partial charge in [0.25, 0.3) is 5.91 Å². The van der Waals surface area contributed by atoms with Crippen LogP contribution in [0.4, 0.5) is 22.0 Å². The number of hydrogen-bond donors (Lipinski definition) is 4. The minimum atomic E-state index is -0.464. The number of urea groups is 1. The summed E-state index contributed by atoms with van der Waals surface area (Å²) in [5.41, 5.74) is 2.18. The quantitative estimate of drug-likeness (QED) is 0.504. The van der Waals surface area contributed by atoms with Gasteiger partial charge in [0.1, 0.15) is 11.6 Å². The lowest BCUT2D eigenvalue weighted by molar-refractivity contribution is -0.110. The number of H-pyrrole nitrogens is 1. The number of aromatic nitrogens is 3. The number of carbonyl (C=O) groups excluding carboxylic acids is 2. The van der Waals surface area contributed by atoms with Crippen molar-refractivity contribution < 1.29 is 14.1 Å². The van der Waals surface area contributed by atoms with Crippen LogP contribution in [0.3, 0.4) is 0 Å². The second-order valence-corrected chi connectivity index (χ2v) is 7.65. The number of nitrogens with one attached hydrogen (secondary N) is 4. The Hall–Kier alpha value is -3.88. The zero-order valence-electron chi connectivity index (χ0n) is 16.2. The zero-order valence-corrected chi connectivity index (χ0v) is 16.2. The third kappa shape index (κ3) is 3.88. The van der Waals surface area contributed by atoms with Gasteiger partial charge in [-0.3, -0.25) is 10.1 Å². The molecular weight excluding hydrogens is 372 g/mol. The summed E-state index contributed by atoms with van der Waals surface area (Å²) in [6.07, 6.45) is 4.98. The summed E-state index contributed by atoms with van der Waals surface area (Å²) in [5, 5.41) is 12.0. The largest absolute Gasteiger partial charge is 0.359 e. The Morgan fingerprint density at radius 1 is 1.21 bits per heavy atom. The van der Waals surface area contributed by atoms with Crippen LogP contribution in [0.2, 0.25) is 0 Å². The molecule has 0 atom stereocenters. The summed E-state index contributed by atoms with van der Waals surface area (Å²) in [6.45, 7) is 5.97. The van der Waals surface area contributed by atoms with Gasteiger partial charge in [-0.15, -0.1) is 0 Å². The van der Waals surface area contributed by atoms with Gasteiger partial charge < -0.3 is 20.1 Å². The first-order valence-corrected chi connectivity index (χ1v) is 9.02. The van der Waals surface area contributed by atoms with Gasteiger partial charge in [-0.05, 0) is 18.2 Å². The number of aromatic amines is 1. The maximum Gasteiger partial charge on any atom is 0.324 e. The Bertz CT molecular complexity index is 1110. The van der Waals surface area contributed by atoms with Crippen molar-refractivity contribution >= 4 is 40.8 Å². The number of imidazole rings is 1. The lowest BCUT2D eigenvalue weighted by Gasteiger charge is -2.12. The van der Waals surface area contributed by atoms with E-state index in [9.17, 15) is 9.59 Å². The number of carbonyl (C=O) groups is 2. The molecule has 3 aromatic rings. The van der Waals surface area contributed by atoms with E-state index in [1.54, 1.807) is 42.7 Å². The van der Waals surface area contributed by atoms with Gasteiger partial charge in [-0.25, -0.2) is 9.78 Å². The van der Waals surface area contributed by atoms with Crippen LogP contribution in [0.1, 0.15) is 37.9 Å². The van der Waals surface area contributed by atoms with Crippen molar-refractivity contribution in [2.45, 2.75) is 26.2 Å². The number of anilines is 3. The molecule has 4 rings (SSSR count). The van der Waals surface area contributed by atoms with E-state index in [1.165, 1.54) is 0 Å². The number of hydrogen-bond acceptors (Lipinski definition) is 5. The monoisotopic (exact) mass is 392 g/mol. The van der Waals surface area contributed by atoms with Crippen LogP contribution in [0.5, 0.6) is 0 Å². The molecular formula is C20H20N6O3. The predicted octanol–water partition coefficient (Wildman–Crippen LogP) is 3.83. The van der Waals surface area contributed by atoms with E-state index < -0.39 is 6.03 Å². The van der Waals surface area contributed by atoms with E-state index in [2.05, 4.69) is 31.1 Å². The van der Waals surface area contributed by atoms with Crippen molar-refractivity contribution in [2.24, 2.45) is 0 Å². The maximum atomic E-state index is 12.3. The third-order valence-corrected chi connectivity index (χ3v) is 4.35. The molecule has 9 heteroatoms. The molecule has 29 heavy (non-hydrogen) atoms. The smallest absolute Gasteiger partial charge is 0.324 e. The van der Waals surface area contributed by atoms with Crippen molar-refractivity contribution in [2.75, 3.05) is 16.0 Å². The molecule has 0 saturated carbocycles. The second kappa shape index (κ2) is 6.93. The molecule has 3 amide bonds. The Labute approximate surface area is 166 Å². The molecule has 0 fully saturated rings. The standard InChI is InChI=1S/C20H20N6O3/c1-20(2,3)15-10-17(26-29-15)25-19(28)23-11-4-5-12-13(9-16-21-6-7-22-16)18(27)24-14(12)8-11/h4-10H,1-3H3,(H,21,22)(H,24,27)(H2,23,25,26,28). The first-order valence-electron chi connectivity index (χ1n) is 9.02. The molecule has 1 aliphatic heterocycles. The van der Waals surface area contributed by atoms with Crippen molar-refractivity contribution in [1.29, 1.82) is 0 Å². The molecule has 0 aliphatic carbocycles. The summed E-state index contributed by atoms with van der Waals surface area (Å²) >= 11 is 0. The summed E-state index contributed by atoms with van der Waals surface area (Å²) in [6, 6.07) is 6.41. The minimum Gasteiger partial charge on any atom is -0.359 e. The normalized spacial score (nSPS) is 14.6. The molecule has 1 aromatic carbocycles. The van der Waals surface area contributed by atoms with Gasteiger partial charge >= 0.3 is 6.03 Å².